The molecule has 3 heterocycles. The maximum atomic E-state index is 13.3. The lowest BCUT2D eigenvalue weighted by Gasteiger charge is -2.14. The molecule has 4 rings (SSSR count). The fraction of sp³-hybridized carbons (Fsp3) is 0.0952. The number of fused-ring (bicyclic) bond motifs is 1. The number of carbonyl (C=O) groups excluding carboxylic acids is 1. The molecule has 1 aromatic carbocycles. The molecule has 0 N–H and O–H groups in total. The highest BCUT2D eigenvalue weighted by Crippen LogP contribution is 2.14. The van der Waals surface area contributed by atoms with Crippen molar-refractivity contribution in [3.63, 3.8) is 0 Å². The smallest absolute Gasteiger partial charge is 0.337 e. The van der Waals surface area contributed by atoms with Crippen molar-refractivity contribution in [2.24, 2.45) is 0 Å². The highest BCUT2D eigenvalue weighted by atomic mass is 16.5. The molecule has 0 fully saturated rings. The summed E-state index contributed by atoms with van der Waals surface area (Å²) < 4.78 is 7.23. The van der Waals surface area contributed by atoms with E-state index >= 15 is 0 Å². The van der Waals surface area contributed by atoms with E-state index in [4.69, 9.17) is 4.74 Å². The van der Waals surface area contributed by atoms with Crippen LogP contribution in [0.15, 0.2) is 76.7 Å². The molecule has 0 amide bonds. The largest absolute Gasteiger partial charge is 0.465 e. The van der Waals surface area contributed by atoms with Gasteiger partial charge in [0.2, 0.25) is 0 Å². The minimum absolute atomic E-state index is 0.0850. The summed E-state index contributed by atoms with van der Waals surface area (Å²) in [5.74, 6) is -0.526. The van der Waals surface area contributed by atoms with Gasteiger partial charge in [-0.05, 0) is 48.0 Å². The molecule has 0 aliphatic heterocycles. The van der Waals surface area contributed by atoms with Crippen LogP contribution in [-0.4, -0.2) is 32.2 Å². The Hall–Kier alpha value is -4.07. The number of carbonyl (C=O) groups is 1. The standard InChI is InChI=1S/C21H16N4O4/c1-29-20(27)15-4-2-5-16(12-15)25-18-17(6-3-9-23-18)19(26)24(21(25)28)13-14-7-10-22-11-8-14/h2-12H,13H2,1H3. The highest BCUT2D eigenvalue weighted by molar-refractivity contribution is 5.90. The van der Waals surface area contributed by atoms with Crippen molar-refractivity contribution >= 4 is 17.0 Å². The lowest BCUT2D eigenvalue weighted by atomic mass is 10.2. The van der Waals surface area contributed by atoms with E-state index in [1.807, 2.05) is 0 Å². The maximum absolute atomic E-state index is 13.3. The molecule has 4 aromatic rings. The van der Waals surface area contributed by atoms with Crippen LogP contribution in [0.5, 0.6) is 0 Å². The van der Waals surface area contributed by atoms with Crippen molar-refractivity contribution in [2.45, 2.75) is 6.54 Å². The number of rotatable bonds is 4. The summed E-state index contributed by atoms with van der Waals surface area (Å²) in [4.78, 5) is 46.4. The number of nitrogens with zero attached hydrogens (tertiary/aromatic N) is 4. The first-order chi connectivity index (χ1) is 14.1. The molecule has 3 aromatic heterocycles. The minimum atomic E-state index is -0.556. The Morgan fingerprint density at radius 3 is 2.59 bits per heavy atom. The Balaban J connectivity index is 2.00. The third-order valence-electron chi connectivity index (χ3n) is 4.51. The SMILES string of the molecule is COC(=O)c1cccc(-n2c(=O)n(Cc3ccncc3)c(=O)c3cccnc32)c1. The van der Waals surface area contributed by atoms with E-state index in [1.54, 1.807) is 54.9 Å². The van der Waals surface area contributed by atoms with Gasteiger partial charge in [-0.25, -0.2) is 19.1 Å². The predicted octanol–water partition coefficient (Wildman–Crippen LogP) is 1.78. The second-order valence-electron chi connectivity index (χ2n) is 6.28. The first-order valence-electron chi connectivity index (χ1n) is 8.78. The first-order valence-corrected chi connectivity index (χ1v) is 8.78. The fourth-order valence-corrected chi connectivity index (χ4v) is 3.12. The molecule has 0 aliphatic rings. The molecule has 8 nitrogen and oxygen atoms in total. The molecule has 0 bridgehead atoms. The normalized spacial score (nSPS) is 10.8. The number of methoxy groups -OCH3 is 1. The third kappa shape index (κ3) is 3.31. The zero-order chi connectivity index (χ0) is 20.4. The summed E-state index contributed by atoms with van der Waals surface area (Å²) in [5.41, 5.74) is 0.682. The number of hydrogen-bond acceptors (Lipinski definition) is 6. The van der Waals surface area contributed by atoms with Crippen LogP contribution in [-0.2, 0) is 11.3 Å². The van der Waals surface area contributed by atoms with E-state index in [-0.39, 0.29) is 17.8 Å². The van der Waals surface area contributed by atoms with Gasteiger partial charge in [-0.15, -0.1) is 0 Å². The van der Waals surface area contributed by atoms with Crippen LogP contribution in [0.4, 0.5) is 0 Å². The van der Waals surface area contributed by atoms with Gasteiger partial charge in [0, 0.05) is 18.6 Å². The molecule has 8 heteroatoms. The quantitative estimate of drug-likeness (QED) is 0.495. The fourth-order valence-electron chi connectivity index (χ4n) is 3.12. The highest BCUT2D eigenvalue weighted by Gasteiger charge is 2.17. The molecule has 0 atom stereocenters. The van der Waals surface area contributed by atoms with Gasteiger partial charge in [-0.1, -0.05) is 6.07 Å². The molecule has 29 heavy (non-hydrogen) atoms. The van der Waals surface area contributed by atoms with Crippen molar-refractivity contribution in [3.05, 3.63) is 99.1 Å². The summed E-state index contributed by atoms with van der Waals surface area (Å²) in [6, 6.07) is 13.2. The molecule has 0 spiro atoms. The summed E-state index contributed by atoms with van der Waals surface area (Å²) in [5, 5.41) is 0.296. The lowest BCUT2D eigenvalue weighted by Crippen LogP contribution is -2.40. The lowest BCUT2D eigenvalue weighted by molar-refractivity contribution is 0.0600. The van der Waals surface area contributed by atoms with Crippen LogP contribution in [0.25, 0.3) is 16.7 Å². The molecule has 0 radical (unpaired) electrons. The average molecular weight is 388 g/mol. The van der Waals surface area contributed by atoms with Crippen molar-refractivity contribution in [3.8, 4) is 5.69 Å². The number of pyridine rings is 2. The van der Waals surface area contributed by atoms with Gasteiger partial charge in [0.05, 0.1) is 30.3 Å². The second kappa shape index (κ2) is 7.51. The maximum Gasteiger partial charge on any atom is 0.337 e. The van der Waals surface area contributed by atoms with Gasteiger partial charge in [0.1, 0.15) is 0 Å². The Morgan fingerprint density at radius 2 is 1.83 bits per heavy atom. The zero-order valence-corrected chi connectivity index (χ0v) is 15.5. The van der Waals surface area contributed by atoms with Gasteiger partial charge >= 0.3 is 11.7 Å². The molecule has 0 aliphatic carbocycles. The van der Waals surface area contributed by atoms with E-state index in [1.165, 1.54) is 23.9 Å². The minimum Gasteiger partial charge on any atom is -0.465 e. The van der Waals surface area contributed by atoms with Crippen LogP contribution in [0.3, 0.4) is 0 Å². The van der Waals surface area contributed by atoms with Crippen molar-refractivity contribution in [1.29, 1.82) is 0 Å². The summed E-state index contributed by atoms with van der Waals surface area (Å²) in [7, 11) is 1.28. The molecule has 144 valence electrons. The van der Waals surface area contributed by atoms with Crippen molar-refractivity contribution in [2.75, 3.05) is 7.11 Å². The van der Waals surface area contributed by atoms with Gasteiger partial charge < -0.3 is 4.74 Å². The van der Waals surface area contributed by atoms with E-state index in [0.29, 0.717) is 11.1 Å². The molecular weight excluding hydrogens is 372 g/mol. The van der Waals surface area contributed by atoms with Crippen LogP contribution in [0.1, 0.15) is 15.9 Å². The number of ether oxygens (including phenoxy) is 1. The summed E-state index contributed by atoms with van der Waals surface area (Å²) >= 11 is 0. The number of esters is 1. The molecule has 0 saturated heterocycles. The number of hydrogen-bond donors (Lipinski definition) is 0. The molecule has 0 saturated carbocycles. The monoisotopic (exact) mass is 388 g/mol. The van der Waals surface area contributed by atoms with Gasteiger partial charge in [-0.2, -0.15) is 0 Å². The summed E-state index contributed by atoms with van der Waals surface area (Å²) in [6.45, 7) is 0.0850. The zero-order valence-electron chi connectivity index (χ0n) is 15.5. The predicted molar refractivity (Wildman–Crippen MR) is 106 cm³/mol. The van der Waals surface area contributed by atoms with Crippen LogP contribution < -0.4 is 11.2 Å². The Bertz CT molecular complexity index is 1330. The second-order valence-corrected chi connectivity index (χ2v) is 6.28. The van der Waals surface area contributed by atoms with Crippen molar-refractivity contribution < 1.29 is 9.53 Å². The average Bonchev–Trinajstić information content (AvgIpc) is 2.77. The van der Waals surface area contributed by atoms with E-state index in [9.17, 15) is 14.4 Å². The first kappa shape index (κ1) is 18.3. The van der Waals surface area contributed by atoms with Crippen LogP contribution in [0.2, 0.25) is 0 Å². The van der Waals surface area contributed by atoms with Gasteiger partial charge in [0.25, 0.3) is 5.56 Å². The topological polar surface area (TPSA) is 96.1 Å². The number of benzene rings is 1. The van der Waals surface area contributed by atoms with Gasteiger partial charge in [-0.3, -0.25) is 14.3 Å². The van der Waals surface area contributed by atoms with E-state index < -0.39 is 17.2 Å². The Labute approximate surface area is 164 Å². The third-order valence-corrected chi connectivity index (χ3v) is 4.51. The van der Waals surface area contributed by atoms with Crippen LogP contribution in [0, 0.1) is 0 Å². The Kier molecular flexibility index (Phi) is 4.74. The number of aromatic nitrogens is 4. The molecule has 0 unspecified atom stereocenters. The van der Waals surface area contributed by atoms with Crippen LogP contribution >= 0.6 is 0 Å². The molecular formula is C21H16N4O4. The van der Waals surface area contributed by atoms with E-state index in [2.05, 4.69) is 9.97 Å². The Morgan fingerprint density at radius 1 is 1.03 bits per heavy atom. The van der Waals surface area contributed by atoms with Gasteiger partial charge in [0.15, 0.2) is 5.65 Å². The van der Waals surface area contributed by atoms with Crippen molar-refractivity contribution in [1.82, 2.24) is 19.1 Å². The van der Waals surface area contributed by atoms with E-state index in [0.717, 1.165) is 10.1 Å². The summed E-state index contributed by atoms with van der Waals surface area (Å²) in [6.07, 6.45) is 4.71.